The minimum atomic E-state index is -0.500. The molecule has 3 atom stereocenters. The van der Waals surface area contributed by atoms with Crippen molar-refractivity contribution in [2.45, 2.75) is 66.0 Å². The summed E-state index contributed by atoms with van der Waals surface area (Å²) in [5.41, 5.74) is -0.500. The molecule has 0 spiro atoms. The molecule has 0 bridgehead atoms. The van der Waals surface area contributed by atoms with E-state index < -0.39 is 5.60 Å². The summed E-state index contributed by atoms with van der Waals surface area (Å²) in [4.78, 5) is 25.9. The van der Waals surface area contributed by atoms with Crippen molar-refractivity contribution in [1.82, 2.24) is 4.90 Å². The van der Waals surface area contributed by atoms with Gasteiger partial charge in [0.2, 0.25) is 0 Å². The van der Waals surface area contributed by atoms with Gasteiger partial charge in [0.05, 0.1) is 12.5 Å². The van der Waals surface area contributed by atoms with Crippen LogP contribution in [-0.2, 0) is 14.3 Å². The fraction of sp³-hybridized carbons (Fsp3) is 0.875. The first-order chi connectivity index (χ1) is 9.67. The van der Waals surface area contributed by atoms with Crippen molar-refractivity contribution in [1.29, 1.82) is 0 Å². The molecule has 0 saturated carbocycles. The first-order valence-corrected chi connectivity index (χ1v) is 7.83. The van der Waals surface area contributed by atoms with Gasteiger partial charge in [0, 0.05) is 12.6 Å². The van der Waals surface area contributed by atoms with Crippen LogP contribution < -0.4 is 0 Å². The van der Waals surface area contributed by atoms with Crippen molar-refractivity contribution in [2.75, 3.05) is 13.2 Å². The summed E-state index contributed by atoms with van der Waals surface area (Å²) in [7, 11) is 0. The molecular weight excluding hydrogens is 270 g/mol. The summed E-state index contributed by atoms with van der Waals surface area (Å²) < 4.78 is 10.5. The molecule has 5 heteroatoms. The highest BCUT2D eigenvalue weighted by Gasteiger charge is 2.39. The van der Waals surface area contributed by atoms with Crippen LogP contribution in [0.15, 0.2) is 0 Å². The lowest BCUT2D eigenvalue weighted by atomic mass is 9.87. The zero-order valence-corrected chi connectivity index (χ0v) is 14.1. The molecule has 0 N–H and O–H groups in total. The highest BCUT2D eigenvalue weighted by Crippen LogP contribution is 2.30. The van der Waals surface area contributed by atoms with Crippen LogP contribution in [0.1, 0.15) is 54.4 Å². The number of carbonyl (C=O) groups excluding carboxylic acids is 2. The molecular formula is C16H29NO4. The molecule has 1 fully saturated rings. The summed E-state index contributed by atoms with van der Waals surface area (Å²) in [5.74, 6) is -0.363. The molecule has 1 saturated heterocycles. The lowest BCUT2D eigenvalue weighted by molar-refractivity contribution is -0.149. The number of hydrogen-bond acceptors (Lipinski definition) is 4. The average Bonchev–Trinajstić information content (AvgIpc) is 2.84. The Hall–Kier alpha value is -1.26. The van der Waals surface area contributed by atoms with Crippen molar-refractivity contribution < 1.29 is 19.1 Å². The van der Waals surface area contributed by atoms with Gasteiger partial charge in [-0.25, -0.2) is 4.79 Å². The second-order valence-electron chi connectivity index (χ2n) is 6.78. The van der Waals surface area contributed by atoms with Crippen LogP contribution in [-0.4, -0.2) is 41.8 Å². The summed E-state index contributed by atoms with van der Waals surface area (Å²) in [5, 5.41) is 0. The molecule has 1 heterocycles. The van der Waals surface area contributed by atoms with Gasteiger partial charge in [0.25, 0.3) is 0 Å². The normalized spacial score (nSPS) is 21.8. The Morgan fingerprint density at radius 2 is 1.90 bits per heavy atom. The summed E-state index contributed by atoms with van der Waals surface area (Å²) >= 11 is 0. The van der Waals surface area contributed by atoms with Gasteiger partial charge in [0.1, 0.15) is 5.60 Å². The Morgan fingerprint density at radius 3 is 2.43 bits per heavy atom. The van der Waals surface area contributed by atoms with Crippen LogP contribution in [0.25, 0.3) is 0 Å². The monoisotopic (exact) mass is 299 g/mol. The fourth-order valence-electron chi connectivity index (χ4n) is 2.71. The van der Waals surface area contributed by atoms with E-state index >= 15 is 0 Å². The van der Waals surface area contributed by atoms with E-state index in [1.807, 2.05) is 34.6 Å². The van der Waals surface area contributed by atoms with Crippen molar-refractivity contribution in [3.05, 3.63) is 0 Å². The van der Waals surface area contributed by atoms with Gasteiger partial charge in [-0.15, -0.1) is 0 Å². The number of hydrogen-bond donors (Lipinski definition) is 0. The van der Waals surface area contributed by atoms with E-state index in [-0.39, 0.29) is 29.9 Å². The van der Waals surface area contributed by atoms with Crippen LogP contribution in [0.4, 0.5) is 4.79 Å². The Bertz CT molecular complexity index is 375. The Kier molecular flexibility index (Phi) is 6.05. The lowest BCUT2D eigenvalue weighted by Gasteiger charge is -2.33. The van der Waals surface area contributed by atoms with Gasteiger partial charge in [-0.1, -0.05) is 13.8 Å². The van der Waals surface area contributed by atoms with Gasteiger partial charge >= 0.3 is 12.1 Å². The third kappa shape index (κ3) is 4.90. The van der Waals surface area contributed by atoms with E-state index in [2.05, 4.69) is 0 Å². The number of rotatable bonds is 4. The van der Waals surface area contributed by atoms with Gasteiger partial charge in [-0.3, -0.25) is 4.79 Å². The molecule has 1 aliphatic rings. The third-order valence-corrected chi connectivity index (χ3v) is 3.98. The molecule has 1 amide bonds. The second-order valence-corrected chi connectivity index (χ2v) is 6.78. The summed E-state index contributed by atoms with van der Waals surface area (Å²) in [6.07, 6.45) is 1.57. The number of nitrogens with zero attached hydrogens (tertiary/aromatic N) is 1. The fourth-order valence-corrected chi connectivity index (χ4v) is 2.71. The topological polar surface area (TPSA) is 55.8 Å². The number of likely N-dealkylation sites (tertiary alicyclic amines) is 1. The number of amides is 1. The number of carbonyl (C=O) groups is 2. The van der Waals surface area contributed by atoms with Crippen molar-refractivity contribution in [3.8, 4) is 0 Å². The maximum atomic E-state index is 12.3. The highest BCUT2D eigenvalue weighted by atomic mass is 16.6. The van der Waals surface area contributed by atoms with Crippen LogP contribution >= 0.6 is 0 Å². The predicted octanol–water partition coefficient (Wildman–Crippen LogP) is 3.22. The number of esters is 1. The van der Waals surface area contributed by atoms with Crippen molar-refractivity contribution in [3.63, 3.8) is 0 Å². The molecule has 0 radical (unpaired) electrons. The first-order valence-electron chi connectivity index (χ1n) is 7.83. The van der Waals surface area contributed by atoms with Gasteiger partial charge in [-0.05, 0) is 46.5 Å². The Balaban J connectivity index is 2.72. The molecule has 0 aromatic carbocycles. The van der Waals surface area contributed by atoms with Gasteiger partial charge < -0.3 is 14.4 Å². The zero-order chi connectivity index (χ0) is 16.2. The SMILES string of the molecule is CCOC(=O)C(C)C(C)C1CCCN1C(=O)OC(C)(C)C. The van der Waals surface area contributed by atoms with E-state index in [0.29, 0.717) is 13.2 Å². The molecule has 5 nitrogen and oxygen atoms in total. The molecule has 1 rings (SSSR count). The van der Waals surface area contributed by atoms with Crippen LogP contribution in [0.2, 0.25) is 0 Å². The Labute approximate surface area is 128 Å². The maximum absolute atomic E-state index is 12.3. The lowest BCUT2D eigenvalue weighted by Crippen LogP contribution is -2.44. The minimum Gasteiger partial charge on any atom is -0.466 e. The second kappa shape index (κ2) is 7.14. The van der Waals surface area contributed by atoms with Gasteiger partial charge in [-0.2, -0.15) is 0 Å². The van der Waals surface area contributed by atoms with E-state index in [1.165, 1.54) is 0 Å². The largest absolute Gasteiger partial charge is 0.466 e. The summed E-state index contributed by atoms with van der Waals surface area (Å²) in [6.45, 7) is 12.3. The van der Waals surface area contributed by atoms with Crippen LogP contribution in [0.3, 0.4) is 0 Å². The molecule has 21 heavy (non-hydrogen) atoms. The molecule has 0 aliphatic carbocycles. The van der Waals surface area contributed by atoms with E-state index in [1.54, 1.807) is 11.8 Å². The number of ether oxygens (including phenoxy) is 2. The van der Waals surface area contributed by atoms with E-state index in [9.17, 15) is 9.59 Å². The van der Waals surface area contributed by atoms with E-state index in [0.717, 1.165) is 12.8 Å². The zero-order valence-electron chi connectivity index (χ0n) is 14.1. The summed E-state index contributed by atoms with van der Waals surface area (Å²) in [6, 6.07) is 0.0410. The molecule has 0 aromatic rings. The predicted molar refractivity (Wildman–Crippen MR) is 80.9 cm³/mol. The molecule has 0 aromatic heterocycles. The smallest absolute Gasteiger partial charge is 0.410 e. The van der Waals surface area contributed by atoms with Crippen molar-refractivity contribution in [2.24, 2.45) is 11.8 Å². The Morgan fingerprint density at radius 1 is 1.29 bits per heavy atom. The molecule has 1 aliphatic heterocycles. The first kappa shape index (κ1) is 17.8. The molecule has 122 valence electrons. The minimum absolute atomic E-state index is 0.0410. The van der Waals surface area contributed by atoms with Crippen molar-refractivity contribution >= 4 is 12.1 Å². The van der Waals surface area contributed by atoms with Crippen LogP contribution in [0.5, 0.6) is 0 Å². The highest BCUT2D eigenvalue weighted by molar-refractivity contribution is 5.73. The maximum Gasteiger partial charge on any atom is 0.410 e. The van der Waals surface area contributed by atoms with Crippen LogP contribution in [0, 0.1) is 11.8 Å². The van der Waals surface area contributed by atoms with E-state index in [4.69, 9.17) is 9.47 Å². The quantitative estimate of drug-likeness (QED) is 0.748. The average molecular weight is 299 g/mol. The molecule has 3 unspecified atom stereocenters. The third-order valence-electron chi connectivity index (χ3n) is 3.98. The standard InChI is InChI=1S/C16H29NO4/c1-7-20-14(18)12(3)11(2)13-9-8-10-17(13)15(19)21-16(4,5)6/h11-13H,7-10H2,1-6H3. The van der Waals surface area contributed by atoms with Gasteiger partial charge in [0.15, 0.2) is 0 Å².